The van der Waals surface area contributed by atoms with Crippen molar-refractivity contribution in [1.29, 1.82) is 0 Å². The topological polar surface area (TPSA) is 83.9 Å². The second-order valence-electron chi connectivity index (χ2n) is 13.1. The highest BCUT2D eigenvalue weighted by molar-refractivity contribution is 7.17. The van der Waals surface area contributed by atoms with Gasteiger partial charge in [-0.1, -0.05) is 30.7 Å². The summed E-state index contributed by atoms with van der Waals surface area (Å²) in [6, 6.07) is 17.9. The minimum absolute atomic E-state index is 0.128. The summed E-state index contributed by atoms with van der Waals surface area (Å²) in [6.07, 6.45) is 6.38. The molecule has 1 fully saturated rings. The molecule has 0 amide bonds. The average molecular weight is 648 g/mol. The number of hydrogen-bond acceptors (Lipinski definition) is 7. The van der Waals surface area contributed by atoms with Gasteiger partial charge in [0.1, 0.15) is 23.6 Å². The number of halogens is 1. The first-order chi connectivity index (χ1) is 21.7. The lowest BCUT2D eigenvalue weighted by molar-refractivity contribution is -0.144. The van der Waals surface area contributed by atoms with E-state index in [1.54, 1.807) is 23.5 Å². The van der Waals surface area contributed by atoms with Crippen LogP contribution in [0.1, 0.15) is 50.2 Å². The van der Waals surface area contributed by atoms with Crippen molar-refractivity contribution in [2.75, 3.05) is 39.2 Å². The number of benzene rings is 2. The molecule has 2 atom stereocenters. The van der Waals surface area contributed by atoms with Gasteiger partial charge in [0.25, 0.3) is 0 Å². The number of carbonyl (C=O) groups is 1. The zero-order valence-corrected chi connectivity index (χ0v) is 27.8. The van der Waals surface area contributed by atoms with Crippen LogP contribution in [0.15, 0.2) is 66.2 Å². The fourth-order valence-electron chi connectivity index (χ4n) is 7.41. The summed E-state index contributed by atoms with van der Waals surface area (Å²) in [5.74, 6) is 1.65. The Hall–Kier alpha value is -3.33. The predicted molar refractivity (Wildman–Crippen MR) is 182 cm³/mol. The van der Waals surface area contributed by atoms with E-state index in [9.17, 15) is 9.90 Å². The van der Waals surface area contributed by atoms with Crippen LogP contribution >= 0.6 is 22.9 Å². The third-order valence-electron chi connectivity index (χ3n) is 9.80. The minimum Gasteiger partial charge on any atom is -0.492 e. The number of anilines is 1. The first-order valence-electron chi connectivity index (χ1n) is 15.8. The molecule has 2 heterocycles. The van der Waals surface area contributed by atoms with Crippen LogP contribution in [-0.4, -0.2) is 60.4 Å². The number of hydrogen-bond donors (Lipinski definition) is 2. The zero-order valence-electron chi connectivity index (χ0n) is 26.2. The van der Waals surface area contributed by atoms with Crippen LogP contribution in [0.3, 0.4) is 0 Å². The van der Waals surface area contributed by atoms with Crippen LogP contribution in [0.5, 0.6) is 11.5 Å². The Bertz CT molecular complexity index is 1650. The van der Waals surface area contributed by atoms with Gasteiger partial charge in [0.2, 0.25) is 0 Å². The van der Waals surface area contributed by atoms with E-state index in [2.05, 4.69) is 40.3 Å². The molecule has 4 aromatic rings. The lowest BCUT2D eigenvalue weighted by Crippen LogP contribution is -2.53. The Morgan fingerprint density at radius 2 is 1.96 bits per heavy atom. The summed E-state index contributed by atoms with van der Waals surface area (Å²) in [6.45, 7) is 4.35. The van der Waals surface area contributed by atoms with Crippen LogP contribution in [0.4, 0.5) is 5.69 Å². The van der Waals surface area contributed by atoms with Crippen molar-refractivity contribution >= 4 is 44.8 Å². The first kappa shape index (κ1) is 31.6. The molecule has 7 nitrogen and oxygen atoms in total. The molecule has 2 aliphatic rings. The number of thiophene rings is 1. The molecule has 1 spiro atoms. The number of aromatic nitrogens is 1. The molecule has 6 rings (SSSR count). The summed E-state index contributed by atoms with van der Waals surface area (Å²) in [7, 11) is 4.09. The highest BCUT2D eigenvalue weighted by Crippen LogP contribution is 2.56. The van der Waals surface area contributed by atoms with E-state index in [0.29, 0.717) is 42.9 Å². The number of rotatable bonds is 12. The Kier molecular flexibility index (Phi) is 9.27. The van der Waals surface area contributed by atoms with Gasteiger partial charge in [0.05, 0.1) is 16.8 Å². The Balaban J connectivity index is 1.24. The van der Waals surface area contributed by atoms with Gasteiger partial charge < -0.3 is 24.8 Å². The molecular weight excluding hydrogens is 606 g/mol. The minimum atomic E-state index is -1.05. The monoisotopic (exact) mass is 647 g/mol. The molecule has 2 N–H and O–H groups in total. The van der Waals surface area contributed by atoms with Gasteiger partial charge in [-0.2, -0.15) is 0 Å². The number of ether oxygens (including phenoxy) is 2. The summed E-state index contributed by atoms with van der Waals surface area (Å²) in [4.78, 5) is 19.4. The van der Waals surface area contributed by atoms with Gasteiger partial charge in [-0.25, -0.2) is 4.79 Å². The van der Waals surface area contributed by atoms with Crippen LogP contribution in [-0.2, 0) is 16.6 Å². The molecule has 2 aliphatic carbocycles. The maximum atomic E-state index is 12.9. The number of nitrogens with one attached hydrogen (secondary N) is 1. The average Bonchev–Trinajstić information content (AvgIpc) is 3.60. The summed E-state index contributed by atoms with van der Waals surface area (Å²) in [5.41, 5.74) is 3.21. The number of nitrogens with zero attached hydrogens (tertiary/aromatic N) is 2. The molecule has 238 valence electrons. The SMILES string of the molecule is C[C@@H](COc1ccnc2ccsc12)C[C@H]1Cc2ccc(OCCN(C)C)cc2C12CCC(Nc1cccc(Cl)c1)(C(=O)O)CC2. The zero-order chi connectivity index (χ0) is 31.6. The largest absolute Gasteiger partial charge is 0.492 e. The molecule has 0 radical (unpaired) electrons. The van der Waals surface area contributed by atoms with E-state index in [1.165, 1.54) is 11.1 Å². The van der Waals surface area contributed by atoms with Gasteiger partial charge in [-0.15, -0.1) is 11.3 Å². The number of fused-ring (bicyclic) bond motifs is 3. The Morgan fingerprint density at radius 1 is 1.13 bits per heavy atom. The highest BCUT2D eigenvalue weighted by Gasteiger charge is 2.54. The summed E-state index contributed by atoms with van der Waals surface area (Å²) < 4.78 is 13.7. The molecule has 45 heavy (non-hydrogen) atoms. The summed E-state index contributed by atoms with van der Waals surface area (Å²) >= 11 is 7.91. The third kappa shape index (κ3) is 6.64. The van der Waals surface area contributed by atoms with Crippen molar-refractivity contribution in [1.82, 2.24) is 9.88 Å². The Labute approximate surface area is 274 Å². The fraction of sp³-hybridized carbons (Fsp3) is 0.444. The van der Waals surface area contributed by atoms with Crippen molar-refractivity contribution in [3.8, 4) is 11.5 Å². The maximum Gasteiger partial charge on any atom is 0.329 e. The highest BCUT2D eigenvalue weighted by atomic mass is 35.5. The lowest BCUT2D eigenvalue weighted by Gasteiger charge is -2.47. The van der Waals surface area contributed by atoms with Crippen LogP contribution in [0, 0.1) is 11.8 Å². The molecule has 0 aliphatic heterocycles. The number of carboxylic acids is 1. The Morgan fingerprint density at radius 3 is 2.71 bits per heavy atom. The van der Waals surface area contributed by atoms with Gasteiger partial charge in [0, 0.05) is 23.5 Å². The molecule has 0 saturated heterocycles. The van der Waals surface area contributed by atoms with Gasteiger partial charge >= 0.3 is 5.97 Å². The lowest BCUT2D eigenvalue weighted by atomic mass is 9.59. The van der Waals surface area contributed by atoms with Crippen LogP contribution in [0.2, 0.25) is 5.02 Å². The quantitative estimate of drug-likeness (QED) is 0.162. The van der Waals surface area contributed by atoms with Gasteiger partial charge in [0.15, 0.2) is 0 Å². The molecule has 9 heteroatoms. The number of carboxylic acid groups (broad SMARTS) is 1. The van der Waals surface area contributed by atoms with Gasteiger partial charge in [-0.05, 0) is 129 Å². The molecule has 1 saturated carbocycles. The van der Waals surface area contributed by atoms with E-state index < -0.39 is 11.5 Å². The fourth-order valence-corrected chi connectivity index (χ4v) is 8.41. The second-order valence-corrected chi connectivity index (χ2v) is 14.5. The number of aliphatic carboxylic acids is 1. The van der Waals surface area contributed by atoms with Crippen molar-refractivity contribution in [2.45, 2.75) is 56.4 Å². The summed E-state index contributed by atoms with van der Waals surface area (Å²) in [5, 5.41) is 16.6. The first-order valence-corrected chi connectivity index (χ1v) is 17.1. The normalized spacial score (nSPS) is 23.3. The van der Waals surface area contributed by atoms with E-state index in [1.807, 2.05) is 49.9 Å². The van der Waals surface area contributed by atoms with Crippen molar-refractivity contribution in [3.63, 3.8) is 0 Å². The van der Waals surface area contributed by atoms with Crippen molar-refractivity contribution < 1.29 is 19.4 Å². The van der Waals surface area contributed by atoms with E-state index >= 15 is 0 Å². The van der Waals surface area contributed by atoms with Gasteiger partial charge in [-0.3, -0.25) is 4.98 Å². The second kappa shape index (κ2) is 13.2. The molecule has 0 bridgehead atoms. The molecule has 0 unspecified atom stereocenters. The molecule has 2 aromatic carbocycles. The maximum absolute atomic E-state index is 12.9. The number of likely N-dealkylation sites (N-methyl/N-ethyl adjacent to an activating group) is 1. The van der Waals surface area contributed by atoms with Crippen LogP contribution in [0.25, 0.3) is 10.2 Å². The van der Waals surface area contributed by atoms with E-state index in [-0.39, 0.29) is 5.41 Å². The van der Waals surface area contributed by atoms with Crippen molar-refractivity contribution in [2.24, 2.45) is 11.8 Å². The van der Waals surface area contributed by atoms with Crippen molar-refractivity contribution in [3.05, 3.63) is 82.3 Å². The van der Waals surface area contributed by atoms with E-state index in [4.69, 9.17) is 21.1 Å². The smallest absolute Gasteiger partial charge is 0.329 e. The van der Waals surface area contributed by atoms with Crippen LogP contribution < -0.4 is 14.8 Å². The predicted octanol–water partition coefficient (Wildman–Crippen LogP) is 7.91. The third-order valence-corrected chi connectivity index (χ3v) is 11.0. The standard InChI is InChI=1S/C36H42ClN3O4S/c1-24(23-44-32-9-15-38-31-10-18-45-33(31)32)19-26-20-25-7-8-29(43-17-16-40(2)3)22-30(25)35(26)11-13-36(14-12-35,34(41)42)39-28-6-4-5-27(37)21-28/h4-10,15,18,21-22,24,26,39H,11-14,16-17,19-20,23H2,1-3H3,(H,41,42)/t24-,26+,35?,36?/m1/s1. The molecular formula is C36H42ClN3O4S. The number of pyridine rings is 1. The van der Waals surface area contributed by atoms with E-state index in [0.717, 1.165) is 59.6 Å². The molecule has 2 aromatic heterocycles.